The second kappa shape index (κ2) is 6.50. The average molecular weight is 289 g/mol. The minimum atomic E-state index is -0.377. The number of hydrogen-bond acceptors (Lipinski definition) is 2. The van der Waals surface area contributed by atoms with Gasteiger partial charge in [0.25, 0.3) is 0 Å². The van der Waals surface area contributed by atoms with Crippen LogP contribution in [0.25, 0.3) is 0 Å². The highest BCUT2D eigenvalue weighted by atomic mass is 16.6. The van der Waals surface area contributed by atoms with Crippen LogP contribution in [0, 0.1) is 5.92 Å². The SMILES string of the molecule is C1=CC2=CC=C1C2.CC1CCCN(C(=O)OC(C)(C)C)C1. The fourth-order valence-electron chi connectivity index (χ4n) is 2.69. The molecule has 2 aliphatic carbocycles. The topological polar surface area (TPSA) is 29.5 Å². The van der Waals surface area contributed by atoms with Crippen LogP contribution < -0.4 is 0 Å². The number of ether oxygens (including phenoxy) is 1. The van der Waals surface area contributed by atoms with E-state index >= 15 is 0 Å². The number of carbonyl (C=O) groups excluding carboxylic acids is 1. The predicted molar refractivity (Wildman–Crippen MR) is 86.1 cm³/mol. The minimum Gasteiger partial charge on any atom is -0.444 e. The van der Waals surface area contributed by atoms with Gasteiger partial charge in [-0.1, -0.05) is 31.2 Å². The van der Waals surface area contributed by atoms with Crippen molar-refractivity contribution in [3.8, 4) is 0 Å². The molecule has 1 fully saturated rings. The van der Waals surface area contributed by atoms with E-state index in [1.54, 1.807) is 0 Å². The lowest BCUT2D eigenvalue weighted by Crippen LogP contribution is -2.42. The van der Waals surface area contributed by atoms with Gasteiger partial charge in [-0.05, 0) is 57.1 Å². The number of allylic oxidation sites excluding steroid dienone is 6. The number of fused-ring (bicyclic) bond motifs is 2. The molecule has 0 aromatic carbocycles. The first kappa shape index (κ1) is 15.9. The molecular weight excluding hydrogens is 262 g/mol. The molecule has 1 heterocycles. The van der Waals surface area contributed by atoms with E-state index in [1.165, 1.54) is 24.0 Å². The molecule has 0 radical (unpaired) electrons. The van der Waals surface area contributed by atoms with Gasteiger partial charge in [0, 0.05) is 13.1 Å². The highest BCUT2D eigenvalue weighted by molar-refractivity contribution is 5.68. The van der Waals surface area contributed by atoms with Gasteiger partial charge < -0.3 is 9.64 Å². The fraction of sp³-hybridized carbons (Fsp3) is 0.611. The van der Waals surface area contributed by atoms with Crippen molar-refractivity contribution in [3.63, 3.8) is 0 Å². The average Bonchev–Trinajstić information content (AvgIpc) is 3.02. The third-order valence-electron chi connectivity index (χ3n) is 3.74. The first-order valence-electron chi connectivity index (χ1n) is 7.89. The largest absolute Gasteiger partial charge is 0.444 e. The Kier molecular flexibility index (Phi) is 4.92. The summed E-state index contributed by atoms with van der Waals surface area (Å²) in [7, 11) is 0. The molecule has 1 amide bonds. The zero-order chi connectivity index (χ0) is 15.5. The molecule has 3 rings (SSSR count). The Morgan fingerprint density at radius 1 is 1.24 bits per heavy atom. The maximum Gasteiger partial charge on any atom is 0.410 e. The van der Waals surface area contributed by atoms with E-state index < -0.39 is 0 Å². The third-order valence-corrected chi connectivity index (χ3v) is 3.74. The highest BCUT2D eigenvalue weighted by Gasteiger charge is 2.25. The first-order chi connectivity index (χ1) is 9.83. The van der Waals surface area contributed by atoms with E-state index in [0.717, 1.165) is 19.5 Å². The Morgan fingerprint density at radius 2 is 1.86 bits per heavy atom. The molecule has 0 aromatic rings. The Balaban J connectivity index is 0.000000189. The van der Waals surface area contributed by atoms with Gasteiger partial charge in [0.1, 0.15) is 5.60 Å². The summed E-state index contributed by atoms with van der Waals surface area (Å²) in [4.78, 5) is 13.5. The summed E-state index contributed by atoms with van der Waals surface area (Å²) in [6.07, 6.45) is 12.1. The lowest BCUT2D eigenvalue weighted by molar-refractivity contribution is 0.0174. The van der Waals surface area contributed by atoms with Crippen molar-refractivity contribution >= 4 is 6.09 Å². The van der Waals surface area contributed by atoms with E-state index in [-0.39, 0.29) is 11.7 Å². The number of likely N-dealkylation sites (tertiary alicyclic amines) is 1. The van der Waals surface area contributed by atoms with Crippen molar-refractivity contribution in [1.82, 2.24) is 4.90 Å². The van der Waals surface area contributed by atoms with Gasteiger partial charge in [-0.15, -0.1) is 0 Å². The summed E-state index contributed by atoms with van der Waals surface area (Å²) >= 11 is 0. The summed E-state index contributed by atoms with van der Waals surface area (Å²) < 4.78 is 5.31. The standard InChI is InChI=1S/C11H21NO2.C7H6/c1-9-6-5-7-12(8-9)10(13)14-11(2,3)4;1-2-7-4-3-6(1)5-7/h9H,5-8H2,1-4H3;1-4H,5H2. The molecule has 3 nitrogen and oxygen atoms in total. The van der Waals surface area contributed by atoms with Gasteiger partial charge in [-0.2, -0.15) is 0 Å². The van der Waals surface area contributed by atoms with Crippen molar-refractivity contribution in [3.05, 3.63) is 35.5 Å². The molecule has 0 aromatic heterocycles. The van der Waals surface area contributed by atoms with Crippen LogP contribution in [0.3, 0.4) is 0 Å². The van der Waals surface area contributed by atoms with Crippen molar-refractivity contribution in [1.29, 1.82) is 0 Å². The van der Waals surface area contributed by atoms with Crippen molar-refractivity contribution in [2.24, 2.45) is 5.92 Å². The second-order valence-electron chi connectivity index (χ2n) is 7.17. The van der Waals surface area contributed by atoms with E-state index in [0.29, 0.717) is 5.92 Å². The Labute approximate surface area is 128 Å². The van der Waals surface area contributed by atoms with E-state index in [1.807, 2.05) is 25.7 Å². The summed E-state index contributed by atoms with van der Waals surface area (Å²) in [5.74, 6) is 0.608. The van der Waals surface area contributed by atoms with E-state index in [2.05, 4.69) is 31.2 Å². The smallest absolute Gasteiger partial charge is 0.410 e. The maximum atomic E-state index is 11.7. The van der Waals surface area contributed by atoms with Crippen LogP contribution in [0.15, 0.2) is 35.5 Å². The summed E-state index contributed by atoms with van der Waals surface area (Å²) in [6.45, 7) is 9.57. The molecule has 1 saturated heterocycles. The number of piperidine rings is 1. The van der Waals surface area contributed by atoms with E-state index in [9.17, 15) is 4.79 Å². The molecule has 2 bridgehead atoms. The van der Waals surface area contributed by atoms with Crippen LogP contribution in [-0.2, 0) is 4.74 Å². The summed E-state index contributed by atoms with van der Waals surface area (Å²) in [5.41, 5.74) is 2.56. The van der Waals surface area contributed by atoms with Crippen LogP contribution in [0.5, 0.6) is 0 Å². The van der Waals surface area contributed by atoms with Crippen molar-refractivity contribution in [2.45, 2.75) is 52.6 Å². The van der Waals surface area contributed by atoms with Crippen molar-refractivity contribution < 1.29 is 9.53 Å². The fourth-order valence-corrected chi connectivity index (χ4v) is 2.69. The first-order valence-corrected chi connectivity index (χ1v) is 7.89. The monoisotopic (exact) mass is 289 g/mol. The number of rotatable bonds is 0. The Hall–Kier alpha value is -1.51. The zero-order valence-electron chi connectivity index (χ0n) is 13.7. The van der Waals surface area contributed by atoms with Gasteiger partial charge in [-0.3, -0.25) is 0 Å². The van der Waals surface area contributed by atoms with Crippen LogP contribution in [0.2, 0.25) is 0 Å². The van der Waals surface area contributed by atoms with Crippen LogP contribution >= 0.6 is 0 Å². The highest BCUT2D eigenvalue weighted by Crippen LogP contribution is 2.27. The maximum absolute atomic E-state index is 11.7. The van der Waals surface area contributed by atoms with Crippen LogP contribution in [0.1, 0.15) is 47.0 Å². The number of nitrogens with zero attached hydrogens (tertiary/aromatic N) is 1. The lowest BCUT2D eigenvalue weighted by Gasteiger charge is -2.32. The number of hydrogen-bond donors (Lipinski definition) is 0. The molecule has 0 N–H and O–H groups in total. The molecule has 0 saturated carbocycles. The molecular formula is C18H27NO2. The lowest BCUT2D eigenvalue weighted by atomic mass is 10.0. The molecule has 1 unspecified atom stereocenters. The molecule has 1 aliphatic heterocycles. The van der Waals surface area contributed by atoms with Gasteiger partial charge in [0.15, 0.2) is 0 Å². The predicted octanol–water partition coefficient (Wildman–Crippen LogP) is 4.47. The zero-order valence-corrected chi connectivity index (χ0v) is 13.7. The van der Waals surface area contributed by atoms with Crippen LogP contribution in [-0.4, -0.2) is 29.7 Å². The molecule has 21 heavy (non-hydrogen) atoms. The molecule has 3 heteroatoms. The number of carbonyl (C=O) groups is 1. The third kappa shape index (κ3) is 5.07. The molecule has 116 valence electrons. The minimum absolute atomic E-state index is 0.163. The van der Waals surface area contributed by atoms with Crippen molar-refractivity contribution in [2.75, 3.05) is 13.1 Å². The van der Waals surface area contributed by atoms with Crippen LogP contribution in [0.4, 0.5) is 4.79 Å². The Morgan fingerprint density at radius 3 is 2.24 bits per heavy atom. The summed E-state index contributed by atoms with van der Waals surface area (Å²) in [5, 5.41) is 0. The van der Waals surface area contributed by atoms with Gasteiger partial charge in [0.2, 0.25) is 0 Å². The molecule has 3 aliphatic rings. The Bertz CT molecular complexity index is 460. The molecule has 1 atom stereocenters. The van der Waals surface area contributed by atoms with Gasteiger partial charge >= 0.3 is 6.09 Å². The van der Waals surface area contributed by atoms with E-state index in [4.69, 9.17) is 4.74 Å². The second-order valence-corrected chi connectivity index (χ2v) is 7.17. The summed E-state index contributed by atoms with van der Waals surface area (Å²) in [6, 6.07) is 0. The molecule has 0 spiro atoms. The van der Waals surface area contributed by atoms with Gasteiger partial charge in [-0.25, -0.2) is 4.79 Å². The number of amides is 1. The van der Waals surface area contributed by atoms with Gasteiger partial charge in [0.05, 0.1) is 0 Å². The normalized spacial score (nSPS) is 23.2. The quantitative estimate of drug-likeness (QED) is 0.658.